The first-order valence-corrected chi connectivity index (χ1v) is 5.53. The topological polar surface area (TPSA) is 38.9 Å². The molecule has 2 nitrogen and oxygen atoms in total. The van der Waals surface area contributed by atoms with Gasteiger partial charge in [0.05, 0.1) is 17.3 Å². The smallest absolute Gasteiger partial charge is 0.319 e. The number of hydrogen-bond donors (Lipinski definition) is 1. The molecule has 1 aromatic carbocycles. The van der Waals surface area contributed by atoms with E-state index >= 15 is 0 Å². The summed E-state index contributed by atoms with van der Waals surface area (Å²) in [5.41, 5.74) is 3.97. The van der Waals surface area contributed by atoms with E-state index in [1.165, 1.54) is 12.3 Å². The minimum absolute atomic E-state index is 0.0728. The molecule has 0 saturated heterocycles. The molecule has 0 fully saturated rings. The molecular formula is C13H9F5N2. The molecule has 2 aromatic rings. The van der Waals surface area contributed by atoms with Gasteiger partial charge in [0, 0.05) is 6.20 Å². The first kappa shape index (κ1) is 14.4. The van der Waals surface area contributed by atoms with Gasteiger partial charge in [-0.05, 0) is 29.8 Å². The molecule has 0 amide bonds. The van der Waals surface area contributed by atoms with E-state index in [1.54, 1.807) is 0 Å². The Bertz CT molecular complexity index is 624. The maximum Gasteiger partial charge on any atom is 0.419 e. The highest BCUT2D eigenvalue weighted by molar-refractivity contribution is 5.33. The maximum absolute atomic E-state index is 13.5. The Kier molecular flexibility index (Phi) is 3.71. The molecule has 0 radical (unpaired) electrons. The minimum Gasteiger partial charge on any atom is -0.319 e. The van der Waals surface area contributed by atoms with Crippen molar-refractivity contribution in [1.82, 2.24) is 4.98 Å². The molecular weight excluding hydrogens is 279 g/mol. The predicted octanol–water partition coefficient (Wildman–Crippen LogP) is 3.43. The molecule has 0 bridgehead atoms. The summed E-state index contributed by atoms with van der Waals surface area (Å²) in [6.07, 6.45) is -3.57. The molecule has 2 rings (SSSR count). The Balaban J connectivity index is 2.46. The summed E-state index contributed by atoms with van der Waals surface area (Å²) in [6.45, 7) is 0. The normalized spacial score (nSPS) is 13.3. The van der Waals surface area contributed by atoms with E-state index in [9.17, 15) is 22.0 Å². The van der Waals surface area contributed by atoms with Crippen LogP contribution in [0.5, 0.6) is 0 Å². The van der Waals surface area contributed by atoms with Crippen molar-refractivity contribution in [3.8, 4) is 0 Å². The zero-order valence-electron chi connectivity index (χ0n) is 9.96. The van der Waals surface area contributed by atoms with Crippen molar-refractivity contribution in [2.75, 3.05) is 0 Å². The van der Waals surface area contributed by atoms with Gasteiger partial charge in [-0.2, -0.15) is 13.2 Å². The van der Waals surface area contributed by atoms with E-state index in [2.05, 4.69) is 4.98 Å². The predicted molar refractivity (Wildman–Crippen MR) is 61.6 cm³/mol. The Morgan fingerprint density at radius 1 is 1.05 bits per heavy atom. The van der Waals surface area contributed by atoms with Crippen LogP contribution in [-0.2, 0) is 6.18 Å². The quantitative estimate of drug-likeness (QED) is 0.860. The third-order valence-corrected chi connectivity index (χ3v) is 2.74. The molecule has 0 unspecified atom stereocenters. The van der Waals surface area contributed by atoms with Crippen LogP contribution in [0.3, 0.4) is 0 Å². The van der Waals surface area contributed by atoms with Gasteiger partial charge in [0.2, 0.25) is 0 Å². The van der Waals surface area contributed by atoms with Gasteiger partial charge < -0.3 is 5.73 Å². The van der Waals surface area contributed by atoms with Crippen molar-refractivity contribution >= 4 is 0 Å². The number of pyridine rings is 1. The van der Waals surface area contributed by atoms with Gasteiger partial charge in [0.25, 0.3) is 0 Å². The van der Waals surface area contributed by atoms with Gasteiger partial charge in [0.1, 0.15) is 11.6 Å². The standard InChI is InChI=1S/C13H9F5N2/c14-9-4-3-7(6-8(9)13(16,17)18)11(19)12-10(15)2-1-5-20-12/h1-6,11H,19H2/t11-/m0/s1. The van der Waals surface area contributed by atoms with E-state index in [4.69, 9.17) is 5.73 Å². The summed E-state index contributed by atoms with van der Waals surface area (Å²) in [7, 11) is 0. The molecule has 106 valence electrons. The summed E-state index contributed by atoms with van der Waals surface area (Å²) in [5, 5.41) is 0. The monoisotopic (exact) mass is 288 g/mol. The summed E-state index contributed by atoms with van der Waals surface area (Å²) in [5.74, 6) is -2.15. The lowest BCUT2D eigenvalue weighted by Gasteiger charge is -2.15. The first-order chi connectivity index (χ1) is 9.30. The zero-order valence-corrected chi connectivity index (χ0v) is 9.96. The molecule has 2 N–H and O–H groups in total. The van der Waals surface area contributed by atoms with Gasteiger partial charge in [-0.15, -0.1) is 0 Å². The van der Waals surface area contributed by atoms with E-state index < -0.39 is 29.4 Å². The van der Waals surface area contributed by atoms with E-state index in [0.717, 1.165) is 12.1 Å². The van der Waals surface area contributed by atoms with Gasteiger partial charge in [-0.25, -0.2) is 8.78 Å². The molecule has 1 heterocycles. The number of hydrogen-bond acceptors (Lipinski definition) is 2. The van der Waals surface area contributed by atoms with Crippen LogP contribution in [0.25, 0.3) is 0 Å². The third-order valence-electron chi connectivity index (χ3n) is 2.74. The van der Waals surface area contributed by atoms with E-state index in [-0.39, 0.29) is 11.3 Å². The fourth-order valence-electron chi connectivity index (χ4n) is 1.74. The average molecular weight is 288 g/mol. The highest BCUT2D eigenvalue weighted by Gasteiger charge is 2.34. The Morgan fingerprint density at radius 3 is 2.35 bits per heavy atom. The molecule has 1 aromatic heterocycles. The number of alkyl halides is 3. The first-order valence-electron chi connectivity index (χ1n) is 5.53. The van der Waals surface area contributed by atoms with Crippen LogP contribution in [0.2, 0.25) is 0 Å². The fourth-order valence-corrected chi connectivity index (χ4v) is 1.74. The molecule has 7 heteroatoms. The van der Waals surface area contributed by atoms with Crippen molar-refractivity contribution in [3.05, 3.63) is 65.0 Å². The lowest BCUT2D eigenvalue weighted by molar-refractivity contribution is -0.140. The van der Waals surface area contributed by atoms with Crippen LogP contribution in [0.1, 0.15) is 22.9 Å². The number of benzene rings is 1. The molecule has 0 aliphatic rings. The minimum atomic E-state index is -4.84. The molecule has 0 saturated carbocycles. The van der Waals surface area contributed by atoms with Gasteiger partial charge in [-0.3, -0.25) is 4.98 Å². The largest absolute Gasteiger partial charge is 0.419 e. The Hall–Kier alpha value is -2.02. The number of aromatic nitrogens is 1. The second-order valence-corrected chi connectivity index (χ2v) is 4.09. The maximum atomic E-state index is 13.5. The van der Waals surface area contributed by atoms with Gasteiger partial charge in [-0.1, -0.05) is 6.07 Å². The summed E-state index contributed by atoms with van der Waals surface area (Å²) in [6, 6.07) is 3.50. The van der Waals surface area contributed by atoms with Crippen LogP contribution in [0.4, 0.5) is 22.0 Å². The molecule has 0 spiro atoms. The average Bonchev–Trinajstić information content (AvgIpc) is 2.37. The van der Waals surface area contributed by atoms with Crippen LogP contribution in [0.15, 0.2) is 36.5 Å². The summed E-state index contributed by atoms with van der Waals surface area (Å²) in [4.78, 5) is 3.69. The zero-order chi connectivity index (χ0) is 14.9. The lowest BCUT2D eigenvalue weighted by Crippen LogP contribution is -2.17. The van der Waals surface area contributed by atoms with Crippen LogP contribution in [-0.4, -0.2) is 4.98 Å². The second kappa shape index (κ2) is 5.16. The van der Waals surface area contributed by atoms with E-state index in [0.29, 0.717) is 12.1 Å². The number of nitrogens with two attached hydrogens (primary N) is 1. The summed E-state index contributed by atoms with van der Waals surface area (Å²) < 4.78 is 64.5. The van der Waals surface area contributed by atoms with Crippen LogP contribution < -0.4 is 5.73 Å². The number of rotatable bonds is 2. The van der Waals surface area contributed by atoms with Crippen molar-refractivity contribution < 1.29 is 22.0 Å². The van der Waals surface area contributed by atoms with Gasteiger partial charge >= 0.3 is 6.18 Å². The molecule has 20 heavy (non-hydrogen) atoms. The Morgan fingerprint density at radius 2 is 1.75 bits per heavy atom. The Labute approximate surface area is 111 Å². The SMILES string of the molecule is N[C@@H](c1ccc(F)c(C(F)(F)F)c1)c1ncccc1F. The fraction of sp³-hybridized carbons (Fsp3) is 0.154. The van der Waals surface area contributed by atoms with Crippen molar-refractivity contribution in [2.24, 2.45) is 5.73 Å². The highest BCUT2D eigenvalue weighted by Crippen LogP contribution is 2.33. The van der Waals surface area contributed by atoms with Crippen molar-refractivity contribution in [3.63, 3.8) is 0 Å². The van der Waals surface area contributed by atoms with Crippen LogP contribution in [0, 0.1) is 11.6 Å². The van der Waals surface area contributed by atoms with Crippen molar-refractivity contribution in [2.45, 2.75) is 12.2 Å². The summed E-state index contributed by atoms with van der Waals surface area (Å²) >= 11 is 0. The molecule has 0 aliphatic carbocycles. The van der Waals surface area contributed by atoms with Crippen molar-refractivity contribution in [1.29, 1.82) is 0 Å². The molecule has 1 atom stereocenters. The van der Waals surface area contributed by atoms with Crippen LogP contribution >= 0.6 is 0 Å². The number of halogens is 5. The molecule has 0 aliphatic heterocycles. The third kappa shape index (κ3) is 2.77. The van der Waals surface area contributed by atoms with Gasteiger partial charge in [0.15, 0.2) is 0 Å². The van der Waals surface area contributed by atoms with E-state index in [1.807, 2.05) is 0 Å². The highest BCUT2D eigenvalue weighted by atomic mass is 19.4. The number of nitrogens with zero attached hydrogens (tertiary/aromatic N) is 1. The second-order valence-electron chi connectivity index (χ2n) is 4.09. The lowest BCUT2D eigenvalue weighted by atomic mass is 10.0.